The van der Waals surface area contributed by atoms with Crippen molar-refractivity contribution < 1.29 is 13.2 Å². The van der Waals surface area contributed by atoms with Crippen LogP contribution in [0.4, 0.5) is 0 Å². The zero-order valence-corrected chi connectivity index (χ0v) is 19.3. The molecule has 2 aromatic rings. The van der Waals surface area contributed by atoms with E-state index in [-0.39, 0.29) is 11.8 Å². The van der Waals surface area contributed by atoms with Crippen LogP contribution in [0.2, 0.25) is 0 Å². The molecule has 1 fully saturated rings. The topological polar surface area (TPSA) is 57.7 Å². The number of hydrogen-bond acceptors (Lipinski definition) is 4. The lowest BCUT2D eigenvalue weighted by Gasteiger charge is -2.33. The summed E-state index contributed by atoms with van der Waals surface area (Å²) in [5.74, 6) is 0.0298. The van der Waals surface area contributed by atoms with Gasteiger partial charge < -0.3 is 4.90 Å². The van der Waals surface area contributed by atoms with Crippen molar-refractivity contribution in [2.24, 2.45) is 5.92 Å². The smallest absolute Gasteiger partial charge is 0.243 e. The predicted octanol–water partition coefficient (Wildman–Crippen LogP) is 4.12. The summed E-state index contributed by atoms with van der Waals surface area (Å²) in [7, 11) is -3.55. The van der Waals surface area contributed by atoms with Gasteiger partial charge in [0.2, 0.25) is 15.9 Å². The van der Waals surface area contributed by atoms with Gasteiger partial charge in [0, 0.05) is 30.4 Å². The summed E-state index contributed by atoms with van der Waals surface area (Å²) in [5, 5.41) is 2.02. The number of nitrogens with zero attached hydrogens (tertiary/aromatic N) is 2. The van der Waals surface area contributed by atoms with Crippen LogP contribution in [0, 0.1) is 26.7 Å². The molecule has 3 rings (SSSR count). The molecule has 1 aromatic carbocycles. The highest BCUT2D eigenvalue weighted by Crippen LogP contribution is 2.29. The van der Waals surface area contributed by atoms with Crippen LogP contribution >= 0.6 is 11.3 Å². The van der Waals surface area contributed by atoms with Crippen LogP contribution in [-0.4, -0.2) is 43.2 Å². The van der Waals surface area contributed by atoms with Crippen LogP contribution in [0.3, 0.4) is 0 Å². The number of thiophene rings is 1. The standard InChI is InChI=1S/C22H30N2O3S2/c1-5-23(15-20-7-6-12-28-20)22(25)19-8-10-24(11-9-19)29(26,27)21-17(3)13-16(2)14-18(21)4/h6-7,12-14,19H,5,8-11,15H2,1-4H3. The summed E-state index contributed by atoms with van der Waals surface area (Å²) < 4.78 is 28.1. The number of sulfonamides is 1. The van der Waals surface area contributed by atoms with Gasteiger partial charge in [0.15, 0.2) is 0 Å². The van der Waals surface area contributed by atoms with Crippen LogP contribution in [-0.2, 0) is 21.4 Å². The summed E-state index contributed by atoms with van der Waals surface area (Å²) in [6.07, 6.45) is 1.14. The predicted molar refractivity (Wildman–Crippen MR) is 118 cm³/mol. The fourth-order valence-electron chi connectivity index (χ4n) is 4.24. The summed E-state index contributed by atoms with van der Waals surface area (Å²) in [6.45, 7) is 9.76. The maximum Gasteiger partial charge on any atom is 0.243 e. The molecule has 1 aromatic heterocycles. The molecule has 1 aliphatic rings. The zero-order valence-electron chi connectivity index (χ0n) is 17.6. The Labute approximate surface area is 178 Å². The SMILES string of the molecule is CCN(Cc1cccs1)C(=O)C1CCN(S(=O)(=O)c2c(C)cc(C)cc2C)CC1. The number of piperidine rings is 1. The molecule has 0 radical (unpaired) electrons. The lowest BCUT2D eigenvalue weighted by molar-refractivity contribution is -0.137. The highest BCUT2D eigenvalue weighted by Gasteiger charge is 2.34. The van der Waals surface area contributed by atoms with Crippen LogP contribution in [0.25, 0.3) is 0 Å². The van der Waals surface area contributed by atoms with Crippen molar-refractivity contribution in [2.45, 2.75) is 52.0 Å². The Morgan fingerprint density at radius 3 is 2.31 bits per heavy atom. The first-order valence-electron chi connectivity index (χ1n) is 10.1. The van der Waals surface area contributed by atoms with Gasteiger partial charge in [-0.15, -0.1) is 11.3 Å². The van der Waals surface area contributed by atoms with Gasteiger partial charge in [-0.3, -0.25) is 4.79 Å². The molecule has 5 nitrogen and oxygen atoms in total. The third kappa shape index (κ3) is 4.73. The summed E-state index contributed by atoms with van der Waals surface area (Å²) in [6, 6.07) is 7.87. The van der Waals surface area contributed by atoms with Gasteiger partial charge in [0.1, 0.15) is 0 Å². The number of aryl methyl sites for hydroxylation is 3. The second-order valence-electron chi connectivity index (χ2n) is 7.84. The molecule has 0 N–H and O–H groups in total. The van der Waals surface area contributed by atoms with Gasteiger partial charge in [-0.25, -0.2) is 8.42 Å². The highest BCUT2D eigenvalue weighted by atomic mass is 32.2. The van der Waals surface area contributed by atoms with E-state index < -0.39 is 10.0 Å². The first kappa shape index (κ1) is 22.0. The Kier molecular flexibility index (Phi) is 6.81. The summed E-state index contributed by atoms with van der Waals surface area (Å²) >= 11 is 1.65. The van der Waals surface area contributed by atoms with Crippen molar-refractivity contribution in [3.05, 3.63) is 51.2 Å². The van der Waals surface area contributed by atoms with Crippen LogP contribution in [0.5, 0.6) is 0 Å². The molecule has 2 heterocycles. The minimum atomic E-state index is -3.55. The van der Waals surface area contributed by atoms with Crippen molar-refractivity contribution in [1.82, 2.24) is 9.21 Å². The molecule has 1 saturated heterocycles. The van der Waals surface area contributed by atoms with Crippen molar-refractivity contribution in [2.75, 3.05) is 19.6 Å². The Morgan fingerprint density at radius 1 is 1.17 bits per heavy atom. The fourth-order valence-corrected chi connectivity index (χ4v) is 6.84. The maximum atomic E-state index is 13.3. The van der Waals surface area contributed by atoms with E-state index in [0.29, 0.717) is 43.9 Å². The molecule has 1 aliphatic heterocycles. The van der Waals surface area contributed by atoms with Gasteiger partial charge >= 0.3 is 0 Å². The van der Waals surface area contributed by atoms with Gasteiger partial charge in [-0.1, -0.05) is 23.8 Å². The van der Waals surface area contributed by atoms with E-state index in [4.69, 9.17) is 0 Å². The highest BCUT2D eigenvalue weighted by molar-refractivity contribution is 7.89. The Hall–Kier alpha value is -1.70. The van der Waals surface area contributed by atoms with Crippen molar-refractivity contribution in [1.29, 1.82) is 0 Å². The first-order valence-corrected chi connectivity index (χ1v) is 12.4. The average Bonchev–Trinajstić information content (AvgIpc) is 3.18. The molecule has 0 bridgehead atoms. The van der Waals surface area contributed by atoms with Crippen LogP contribution < -0.4 is 0 Å². The van der Waals surface area contributed by atoms with Gasteiger partial charge in [0.25, 0.3) is 0 Å². The number of hydrogen-bond donors (Lipinski definition) is 0. The van der Waals surface area contributed by atoms with E-state index >= 15 is 0 Å². The van der Waals surface area contributed by atoms with Crippen molar-refractivity contribution in [3.8, 4) is 0 Å². The number of benzene rings is 1. The van der Waals surface area contributed by atoms with E-state index in [9.17, 15) is 13.2 Å². The summed E-state index contributed by atoms with van der Waals surface area (Å²) in [4.78, 5) is 16.5. The van der Waals surface area contributed by atoms with E-state index in [0.717, 1.165) is 16.7 Å². The molecule has 0 atom stereocenters. The summed E-state index contributed by atoms with van der Waals surface area (Å²) in [5.41, 5.74) is 2.64. The molecular weight excluding hydrogens is 404 g/mol. The number of carbonyl (C=O) groups excluding carboxylic acids is 1. The molecule has 7 heteroatoms. The minimum Gasteiger partial charge on any atom is -0.338 e. The van der Waals surface area contributed by atoms with Crippen LogP contribution in [0.1, 0.15) is 41.3 Å². The molecule has 158 valence electrons. The molecule has 1 amide bonds. The largest absolute Gasteiger partial charge is 0.338 e. The first-order chi connectivity index (χ1) is 13.7. The molecule has 0 saturated carbocycles. The molecular formula is C22H30N2O3S2. The molecule has 29 heavy (non-hydrogen) atoms. The third-order valence-electron chi connectivity index (χ3n) is 5.63. The average molecular weight is 435 g/mol. The quantitative estimate of drug-likeness (QED) is 0.687. The van der Waals surface area contributed by atoms with E-state index in [1.54, 1.807) is 15.6 Å². The minimum absolute atomic E-state index is 0.110. The van der Waals surface area contributed by atoms with E-state index in [1.807, 2.05) is 62.2 Å². The van der Waals surface area contributed by atoms with E-state index in [1.165, 1.54) is 4.88 Å². The number of rotatable bonds is 6. The van der Waals surface area contributed by atoms with E-state index in [2.05, 4.69) is 0 Å². The monoisotopic (exact) mass is 434 g/mol. The lowest BCUT2D eigenvalue weighted by Crippen LogP contribution is -2.44. The van der Waals surface area contributed by atoms with Gasteiger partial charge in [0.05, 0.1) is 11.4 Å². The van der Waals surface area contributed by atoms with Crippen LogP contribution in [0.15, 0.2) is 34.5 Å². The van der Waals surface area contributed by atoms with Gasteiger partial charge in [-0.2, -0.15) is 4.31 Å². The molecule has 0 unspecified atom stereocenters. The zero-order chi connectivity index (χ0) is 21.2. The Bertz CT molecular complexity index is 937. The molecule has 0 aliphatic carbocycles. The Morgan fingerprint density at radius 2 is 1.79 bits per heavy atom. The van der Waals surface area contributed by atoms with Crippen molar-refractivity contribution >= 4 is 27.3 Å². The number of carbonyl (C=O) groups is 1. The third-order valence-corrected chi connectivity index (χ3v) is 8.69. The second-order valence-corrected chi connectivity index (χ2v) is 10.7. The van der Waals surface area contributed by atoms with Crippen molar-refractivity contribution in [3.63, 3.8) is 0 Å². The normalized spacial score (nSPS) is 16.1. The lowest BCUT2D eigenvalue weighted by atomic mass is 9.96. The second kappa shape index (κ2) is 8.98. The Balaban J connectivity index is 1.69. The maximum absolute atomic E-state index is 13.3. The van der Waals surface area contributed by atoms with Gasteiger partial charge in [-0.05, 0) is 63.1 Å². The number of amides is 1. The molecule has 0 spiro atoms. The fraction of sp³-hybridized carbons (Fsp3) is 0.500.